The number of pyridine rings is 1. The summed E-state index contributed by atoms with van der Waals surface area (Å²) in [6.45, 7) is 1.15. The molecule has 112 valence electrons. The van der Waals surface area contributed by atoms with Crippen molar-refractivity contribution in [2.24, 2.45) is 0 Å². The summed E-state index contributed by atoms with van der Waals surface area (Å²) in [6, 6.07) is 7.66. The van der Waals surface area contributed by atoms with Crippen molar-refractivity contribution >= 4 is 22.5 Å². The lowest BCUT2D eigenvalue weighted by molar-refractivity contribution is -0.119. The number of aromatic nitrogens is 1. The number of carbonyl (C=O) groups excluding carboxylic acids is 1. The van der Waals surface area contributed by atoms with Gasteiger partial charge in [0.05, 0.1) is 20.3 Å². The largest absolute Gasteiger partial charge is 0.497 e. The van der Waals surface area contributed by atoms with Gasteiger partial charge in [0.25, 0.3) is 0 Å². The molecule has 0 atom stereocenters. The Labute approximate surface area is 123 Å². The van der Waals surface area contributed by atoms with E-state index in [1.165, 1.54) is 0 Å². The van der Waals surface area contributed by atoms with Crippen molar-refractivity contribution in [1.82, 2.24) is 10.3 Å². The number of ether oxygens (including phenoxy) is 2. The SMILES string of the molecule is COCCNC(=O)CNc1nccc2ccc(OC)cc12. The molecule has 21 heavy (non-hydrogen) atoms. The van der Waals surface area contributed by atoms with Gasteiger partial charge in [0.15, 0.2) is 0 Å². The second-order valence-electron chi connectivity index (χ2n) is 4.44. The van der Waals surface area contributed by atoms with E-state index >= 15 is 0 Å². The maximum Gasteiger partial charge on any atom is 0.239 e. The average molecular weight is 289 g/mol. The molecule has 0 radical (unpaired) electrons. The van der Waals surface area contributed by atoms with Crippen molar-refractivity contribution in [2.45, 2.75) is 0 Å². The molecule has 1 amide bonds. The Kier molecular flexibility index (Phi) is 5.34. The molecule has 0 spiro atoms. The average Bonchev–Trinajstić information content (AvgIpc) is 2.52. The lowest BCUT2D eigenvalue weighted by Gasteiger charge is -2.10. The number of amides is 1. The zero-order valence-electron chi connectivity index (χ0n) is 12.2. The second kappa shape index (κ2) is 7.44. The summed E-state index contributed by atoms with van der Waals surface area (Å²) < 4.78 is 10.1. The van der Waals surface area contributed by atoms with E-state index < -0.39 is 0 Å². The fraction of sp³-hybridized carbons (Fsp3) is 0.333. The minimum absolute atomic E-state index is 0.103. The summed E-state index contributed by atoms with van der Waals surface area (Å²) in [5.41, 5.74) is 0. The first-order chi connectivity index (χ1) is 10.2. The highest BCUT2D eigenvalue weighted by atomic mass is 16.5. The van der Waals surface area contributed by atoms with Gasteiger partial charge in [-0.3, -0.25) is 4.79 Å². The Morgan fingerprint density at radius 2 is 2.14 bits per heavy atom. The highest BCUT2D eigenvalue weighted by Crippen LogP contribution is 2.25. The van der Waals surface area contributed by atoms with E-state index in [1.807, 2.05) is 24.3 Å². The molecule has 2 N–H and O–H groups in total. The Morgan fingerprint density at radius 3 is 2.90 bits per heavy atom. The van der Waals surface area contributed by atoms with E-state index in [0.29, 0.717) is 19.0 Å². The normalized spacial score (nSPS) is 10.4. The van der Waals surface area contributed by atoms with Crippen LogP contribution in [0.2, 0.25) is 0 Å². The summed E-state index contributed by atoms with van der Waals surface area (Å²) in [6.07, 6.45) is 1.71. The molecule has 0 aliphatic rings. The molecule has 1 heterocycles. The molecule has 0 saturated heterocycles. The van der Waals surface area contributed by atoms with Crippen molar-refractivity contribution in [3.63, 3.8) is 0 Å². The Balaban J connectivity index is 2.06. The van der Waals surface area contributed by atoms with Gasteiger partial charge in [0, 0.05) is 25.2 Å². The van der Waals surface area contributed by atoms with Crippen molar-refractivity contribution in [3.8, 4) is 5.75 Å². The molecule has 0 bridgehead atoms. The molecule has 0 saturated carbocycles. The molecule has 0 fully saturated rings. The highest BCUT2D eigenvalue weighted by Gasteiger charge is 2.06. The summed E-state index contributed by atoms with van der Waals surface area (Å²) in [5.74, 6) is 1.31. The van der Waals surface area contributed by atoms with Crippen LogP contribution in [0.5, 0.6) is 5.75 Å². The molecular weight excluding hydrogens is 270 g/mol. The van der Waals surface area contributed by atoms with Gasteiger partial charge in [-0.25, -0.2) is 4.98 Å². The maximum atomic E-state index is 11.7. The van der Waals surface area contributed by atoms with Crippen molar-refractivity contribution in [2.75, 3.05) is 39.2 Å². The molecule has 0 aliphatic carbocycles. The molecule has 6 nitrogen and oxygen atoms in total. The van der Waals surface area contributed by atoms with Crippen molar-refractivity contribution < 1.29 is 14.3 Å². The fourth-order valence-electron chi connectivity index (χ4n) is 1.93. The van der Waals surface area contributed by atoms with Gasteiger partial charge in [-0.2, -0.15) is 0 Å². The van der Waals surface area contributed by atoms with Crippen LogP contribution in [0.15, 0.2) is 30.5 Å². The number of hydrogen-bond donors (Lipinski definition) is 2. The number of fused-ring (bicyclic) bond motifs is 1. The van der Waals surface area contributed by atoms with E-state index in [2.05, 4.69) is 15.6 Å². The fourth-order valence-corrected chi connectivity index (χ4v) is 1.93. The van der Waals surface area contributed by atoms with Gasteiger partial charge in [-0.1, -0.05) is 6.07 Å². The summed E-state index contributed by atoms with van der Waals surface area (Å²) in [4.78, 5) is 15.9. The van der Waals surface area contributed by atoms with Gasteiger partial charge in [0.1, 0.15) is 11.6 Å². The number of anilines is 1. The first-order valence-corrected chi connectivity index (χ1v) is 6.67. The number of carbonyl (C=O) groups is 1. The molecule has 0 unspecified atom stereocenters. The van der Waals surface area contributed by atoms with Crippen LogP contribution in [0.3, 0.4) is 0 Å². The second-order valence-corrected chi connectivity index (χ2v) is 4.44. The first-order valence-electron chi connectivity index (χ1n) is 6.67. The van der Waals surface area contributed by atoms with Crippen LogP contribution in [0.25, 0.3) is 10.8 Å². The van der Waals surface area contributed by atoms with E-state index in [1.54, 1.807) is 20.4 Å². The first kappa shape index (κ1) is 15.1. The Hall–Kier alpha value is -2.34. The lowest BCUT2D eigenvalue weighted by atomic mass is 10.1. The number of methoxy groups -OCH3 is 2. The number of rotatable bonds is 7. The quantitative estimate of drug-likeness (QED) is 0.754. The predicted octanol–water partition coefficient (Wildman–Crippen LogP) is 1.42. The van der Waals surface area contributed by atoms with E-state index in [9.17, 15) is 4.79 Å². The minimum atomic E-state index is -0.103. The molecule has 2 rings (SSSR count). The molecule has 2 aromatic rings. The van der Waals surface area contributed by atoms with Crippen LogP contribution in [0.4, 0.5) is 5.82 Å². The third-order valence-electron chi connectivity index (χ3n) is 3.02. The van der Waals surface area contributed by atoms with Crippen molar-refractivity contribution in [3.05, 3.63) is 30.5 Å². The van der Waals surface area contributed by atoms with E-state index in [0.717, 1.165) is 16.5 Å². The third kappa shape index (κ3) is 4.06. The smallest absolute Gasteiger partial charge is 0.239 e. The van der Waals surface area contributed by atoms with Gasteiger partial charge in [-0.05, 0) is 23.6 Å². The van der Waals surface area contributed by atoms with Crippen LogP contribution in [0.1, 0.15) is 0 Å². The number of hydrogen-bond acceptors (Lipinski definition) is 5. The number of nitrogens with zero attached hydrogens (tertiary/aromatic N) is 1. The van der Waals surface area contributed by atoms with Crippen molar-refractivity contribution in [1.29, 1.82) is 0 Å². The molecule has 1 aromatic carbocycles. The van der Waals surface area contributed by atoms with Gasteiger partial charge in [0.2, 0.25) is 5.91 Å². The van der Waals surface area contributed by atoms with E-state index in [-0.39, 0.29) is 12.5 Å². The lowest BCUT2D eigenvalue weighted by Crippen LogP contribution is -2.32. The Bertz CT molecular complexity index is 616. The van der Waals surface area contributed by atoms with Crippen LogP contribution in [-0.2, 0) is 9.53 Å². The number of benzene rings is 1. The van der Waals surface area contributed by atoms with Crippen LogP contribution >= 0.6 is 0 Å². The van der Waals surface area contributed by atoms with Gasteiger partial charge in [-0.15, -0.1) is 0 Å². The van der Waals surface area contributed by atoms with Crippen LogP contribution in [-0.4, -0.2) is 44.8 Å². The zero-order valence-corrected chi connectivity index (χ0v) is 12.2. The molecule has 1 aromatic heterocycles. The van der Waals surface area contributed by atoms with E-state index in [4.69, 9.17) is 9.47 Å². The summed E-state index contributed by atoms with van der Waals surface area (Å²) in [7, 11) is 3.21. The van der Waals surface area contributed by atoms with Gasteiger partial charge < -0.3 is 20.1 Å². The Morgan fingerprint density at radius 1 is 1.29 bits per heavy atom. The monoisotopic (exact) mass is 289 g/mol. The third-order valence-corrected chi connectivity index (χ3v) is 3.02. The predicted molar refractivity (Wildman–Crippen MR) is 81.7 cm³/mol. The molecular formula is C15H19N3O3. The topological polar surface area (TPSA) is 72.5 Å². The van der Waals surface area contributed by atoms with Gasteiger partial charge >= 0.3 is 0 Å². The maximum absolute atomic E-state index is 11.7. The zero-order chi connectivity index (χ0) is 15.1. The number of nitrogens with one attached hydrogen (secondary N) is 2. The summed E-state index contributed by atoms with van der Waals surface area (Å²) in [5, 5.41) is 7.75. The molecule has 6 heteroatoms. The molecule has 0 aliphatic heterocycles. The van der Waals surface area contributed by atoms with Crippen LogP contribution in [0, 0.1) is 0 Å². The summed E-state index contributed by atoms with van der Waals surface area (Å²) >= 11 is 0. The van der Waals surface area contributed by atoms with Crippen LogP contribution < -0.4 is 15.4 Å². The standard InChI is InChI=1S/C15H19N3O3/c1-20-8-7-16-14(19)10-18-15-13-9-12(21-2)4-3-11(13)5-6-17-15/h3-6,9H,7-8,10H2,1-2H3,(H,16,19)(H,17,18). The highest BCUT2D eigenvalue weighted by molar-refractivity contribution is 5.94. The minimum Gasteiger partial charge on any atom is -0.497 e.